The Labute approximate surface area is 85.0 Å². The van der Waals surface area contributed by atoms with Gasteiger partial charge in [0, 0.05) is 12.6 Å². The zero-order valence-electron chi connectivity index (χ0n) is 9.09. The smallest absolute Gasteiger partial charge is 0.408 e. The Morgan fingerprint density at radius 1 is 1.57 bits per heavy atom. The van der Waals surface area contributed by atoms with Crippen LogP contribution in [-0.4, -0.2) is 31.5 Å². The lowest BCUT2D eigenvalue weighted by atomic mass is 10.1. The summed E-state index contributed by atoms with van der Waals surface area (Å²) in [5.41, 5.74) is -0.330. The quantitative estimate of drug-likeness (QED) is 0.694. The molecular weight excluding hydrogens is 182 g/mol. The molecule has 0 fully saturated rings. The van der Waals surface area contributed by atoms with Gasteiger partial charge in [-0.1, -0.05) is 5.92 Å². The molecule has 0 aliphatic rings. The molecule has 0 saturated heterocycles. The molecule has 0 aliphatic carbocycles. The predicted molar refractivity (Wildman–Crippen MR) is 53.9 cm³/mol. The van der Waals surface area contributed by atoms with Crippen molar-refractivity contribution in [1.29, 1.82) is 0 Å². The van der Waals surface area contributed by atoms with E-state index < -0.39 is 12.2 Å². The summed E-state index contributed by atoms with van der Waals surface area (Å²) < 4.78 is 9.68. The fourth-order valence-corrected chi connectivity index (χ4v) is 0.732. The van der Waals surface area contributed by atoms with E-state index in [0.29, 0.717) is 0 Å². The van der Waals surface area contributed by atoms with Crippen molar-refractivity contribution in [3.63, 3.8) is 0 Å². The van der Waals surface area contributed by atoms with E-state index in [2.05, 4.69) is 11.2 Å². The normalized spacial score (nSPS) is 12.8. The number of methoxy groups -OCH3 is 1. The van der Waals surface area contributed by atoms with Crippen molar-refractivity contribution in [3.8, 4) is 12.3 Å². The number of terminal acetylenes is 1. The van der Waals surface area contributed by atoms with Gasteiger partial charge in [0.1, 0.15) is 0 Å². The average molecular weight is 199 g/mol. The van der Waals surface area contributed by atoms with Gasteiger partial charge in [-0.25, -0.2) is 4.79 Å². The first-order valence-electron chi connectivity index (χ1n) is 4.33. The van der Waals surface area contributed by atoms with Crippen LogP contribution in [0.15, 0.2) is 0 Å². The van der Waals surface area contributed by atoms with Gasteiger partial charge in [0.05, 0.1) is 6.61 Å². The highest BCUT2D eigenvalue weighted by atomic mass is 16.6. The largest absolute Gasteiger partial charge is 0.431 e. The van der Waals surface area contributed by atoms with Gasteiger partial charge in [-0.15, -0.1) is 6.42 Å². The molecule has 0 aromatic heterocycles. The maximum atomic E-state index is 11.2. The molecule has 1 atom stereocenters. The highest BCUT2D eigenvalue weighted by molar-refractivity contribution is 5.68. The number of nitrogens with one attached hydrogen (secondary N) is 1. The van der Waals surface area contributed by atoms with Crippen LogP contribution in [0.2, 0.25) is 0 Å². The van der Waals surface area contributed by atoms with Crippen LogP contribution in [-0.2, 0) is 9.47 Å². The fourth-order valence-electron chi connectivity index (χ4n) is 0.732. The standard InChI is InChI=1S/C10H17NO3/c1-6-8(7-13-5)14-9(12)11-10(2,3)4/h1,8H,7H2,2-5H3,(H,11,12)/t8-/m0/s1. The molecule has 1 N–H and O–H groups in total. The van der Waals surface area contributed by atoms with Crippen molar-refractivity contribution in [2.75, 3.05) is 13.7 Å². The van der Waals surface area contributed by atoms with Gasteiger partial charge in [0.25, 0.3) is 0 Å². The molecule has 0 unspecified atom stereocenters. The summed E-state index contributed by atoms with van der Waals surface area (Å²) in [6.07, 6.45) is 3.97. The Bertz CT molecular complexity index is 225. The van der Waals surface area contributed by atoms with Gasteiger partial charge in [-0.05, 0) is 20.8 Å². The van der Waals surface area contributed by atoms with Crippen molar-refractivity contribution >= 4 is 6.09 Å². The molecule has 0 bridgehead atoms. The summed E-state index contributed by atoms with van der Waals surface area (Å²) >= 11 is 0. The minimum Gasteiger partial charge on any atom is -0.431 e. The van der Waals surface area contributed by atoms with E-state index in [1.54, 1.807) is 0 Å². The van der Waals surface area contributed by atoms with Crippen LogP contribution in [0, 0.1) is 12.3 Å². The number of carbonyl (C=O) groups is 1. The lowest BCUT2D eigenvalue weighted by molar-refractivity contribution is 0.0639. The van der Waals surface area contributed by atoms with E-state index in [1.807, 2.05) is 20.8 Å². The number of rotatable bonds is 3. The van der Waals surface area contributed by atoms with E-state index >= 15 is 0 Å². The Morgan fingerprint density at radius 2 is 2.14 bits per heavy atom. The van der Waals surface area contributed by atoms with Gasteiger partial charge in [0.2, 0.25) is 0 Å². The number of carbonyl (C=O) groups excluding carboxylic acids is 1. The molecule has 4 heteroatoms. The van der Waals surface area contributed by atoms with Crippen LogP contribution >= 0.6 is 0 Å². The summed E-state index contributed by atoms with van der Waals surface area (Å²) in [6.45, 7) is 5.77. The fraction of sp³-hybridized carbons (Fsp3) is 0.700. The molecule has 0 aromatic rings. The topological polar surface area (TPSA) is 47.6 Å². The van der Waals surface area contributed by atoms with E-state index in [-0.39, 0.29) is 12.1 Å². The van der Waals surface area contributed by atoms with Crippen LogP contribution in [0.25, 0.3) is 0 Å². The van der Waals surface area contributed by atoms with E-state index in [9.17, 15) is 4.79 Å². The third kappa shape index (κ3) is 6.32. The maximum Gasteiger partial charge on any atom is 0.408 e. The van der Waals surface area contributed by atoms with Crippen LogP contribution in [0.5, 0.6) is 0 Å². The first-order chi connectivity index (χ1) is 6.39. The van der Waals surface area contributed by atoms with Gasteiger partial charge in [0.15, 0.2) is 6.10 Å². The number of alkyl carbamates (subject to hydrolysis) is 1. The van der Waals surface area contributed by atoms with Crippen LogP contribution in [0.1, 0.15) is 20.8 Å². The predicted octanol–water partition coefficient (Wildman–Crippen LogP) is 1.16. The number of hydrogen-bond acceptors (Lipinski definition) is 3. The van der Waals surface area contributed by atoms with Crippen molar-refractivity contribution in [2.45, 2.75) is 32.4 Å². The highest BCUT2D eigenvalue weighted by Crippen LogP contribution is 2.00. The Hall–Kier alpha value is -1.21. The minimum absolute atomic E-state index is 0.202. The van der Waals surface area contributed by atoms with Crippen molar-refractivity contribution in [2.24, 2.45) is 0 Å². The van der Waals surface area contributed by atoms with E-state index in [1.165, 1.54) is 7.11 Å². The second-order valence-corrected chi connectivity index (χ2v) is 3.89. The van der Waals surface area contributed by atoms with Crippen molar-refractivity contribution < 1.29 is 14.3 Å². The van der Waals surface area contributed by atoms with Gasteiger partial charge < -0.3 is 14.8 Å². The van der Waals surface area contributed by atoms with Gasteiger partial charge >= 0.3 is 6.09 Å². The second-order valence-electron chi connectivity index (χ2n) is 3.89. The zero-order valence-corrected chi connectivity index (χ0v) is 9.09. The molecule has 0 aromatic carbocycles. The average Bonchev–Trinajstić information content (AvgIpc) is 2.00. The first kappa shape index (κ1) is 12.8. The second kappa shape index (κ2) is 5.51. The summed E-state index contributed by atoms with van der Waals surface area (Å²) in [5, 5.41) is 2.63. The van der Waals surface area contributed by atoms with Crippen LogP contribution in [0.4, 0.5) is 4.79 Å². The molecule has 0 heterocycles. The lowest BCUT2D eigenvalue weighted by Crippen LogP contribution is -2.42. The molecule has 0 rings (SSSR count). The van der Waals surface area contributed by atoms with Crippen molar-refractivity contribution in [3.05, 3.63) is 0 Å². The Balaban J connectivity index is 3.99. The molecule has 80 valence electrons. The molecule has 0 saturated carbocycles. The summed E-state index contributed by atoms with van der Waals surface area (Å²) in [5.74, 6) is 2.31. The van der Waals surface area contributed by atoms with Crippen LogP contribution < -0.4 is 5.32 Å². The Kier molecular flexibility index (Phi) is 5.03. The molecule has 1 amide bonds. The maximum absolute atomic E-state index is 11.2. The van der Waals surface area contributed by atoms with Gasteiger partial charge in [-0.3, -0.25) is 0 Å². The summed E-state index contributed by atoms with van der Waals surface area (Å²) in [6, 6.07) is 0. The third-order valence-electron chi connectivity index (χ3n) is 1.23. The van der Waals surface area contributed by atoms with Gasteiger partial charge in [-0.2, -0.15) is 0 Å². The number of hydrogen-bond donors (Lipinski definition) is 1. The van der Waals surface area contributed by atoms with Crippen LogP contribution in [0.3, 0.4) is 0 Å². The molecule has 4 nitrogen and oxygen atoms in total. The number of amides is 1. The molecule has 0 aliphatic heterocycles. The minimum atomic E-state index is -0.637. The first-order valence-corrected chi connectivity index (χ1v) is 4.33. The monoisotopic (exact) mass is 199 g/mol. The molecular formula is C10H17NO3. The van der Waals surface area contributed by atoms with Crippen molar-refractivity contribution in [1.82, 2.24) is 5.32 Å². The third-order valence-corrected chi connectivity index (χ3v) is 1.23. The zero-order chi connectivity index (χ0) is 11.2. The van der Waals surface area contributed by atoms with E-state index in [4.69, 9.17) is 15.9 Å². The molecule has 0 spiro atoms. The summed E-state index contributed by atoms with van der Waals surface area (Å²) in [4.78, 5) is 11.2. The highest BCUT2D eigenvalue weighted by Gasteiger charge is 2.17. The number of ether oxygens (including phenoxy) is 2. The molecule has 0 radical (unpaired) electrons. The Morgan fingerprint density at radius 3 is 2.50 bits per heavy atom. The summed E-state index contributed by atoms with van der Waals surface area (Å²) in [7, 11) is 1.50. The lowest BCUT2D eigenvalue weighted by Gasteiger charge is -2.21. The SMILES string of the molecule is C#C[C@@H](COC)OC(=O)NC(C)(C)C. The van der Waals surface area contributed by atoms with E-state index in [0.717, 1.165) is 0 Å². The molecule has 14 heavy (non-hydrogen) atoms.